The minimum absolute atomic E-state index is 0.521. The number of anilines is 1. The van der Waals surface area contributed by atoms with Crippen LogP contribution in [0.25, 0.3) is 5.65 Å². The molecular formula is C13H15N5O. The van der Waals surface area contributed by atoms with E-state index in [1.807, 2.05) is 32.9 Å². The molecule has 0 radical (unpaired) electrons. The lowest BCUT2D eigenvalue weighted by molar-refractivity contribution is 0.478. The molecule has 3 aromatic heterocycles. The van der Waals surface area contributed by atoms with E-state index < -0.39 is 0 Å². The molecule has 0 atom stereocenters. The fraction of sp³-hybridized carbons (Fsp3) is 0.308. The van der Waals surface area contributed by atoms with Crippen molar-refractivity contribution >= 4 is 11.5 Å². The van der Waals surface area contributed by atoms with Gasteiger partial charge in [-0.3, -0.25) is 0 Å². The van der Waals surface area contributed by atoms with Crippen molar-refractivity contribution < 1.29 is 4.42 Å². The van der Waals surface area contributed by atoms with Crippen LogP contribution in [-0.4, -0.2) is 19.6 Å². The fourth-order valence-electron chi connectivity index (χ4n) is 1.96. The Hall–Kier alpha value is -2.37. The molecule has 3 rings (SSSR count). The van der Waals surface area contributed by atoms with Crippen LogP contribution >= 0.6 is 0 Å². The summed E-state index contributed by atoms with van der Waals surface area (Å²) in [5.74, 6) is 2.40. The second kappa shape index (κ2) is 4.38. The minimum atomic E-state index is 0.521. The molecule has 0 unspecified atom stereocenters. The van der Waals surface area contributed by atoms with E-state index >= 15 is 0 Å². The molecule has 6 nitrogen and oxygen atoms in total. The van der Waals surface area contributed by atoms with Crippen molar-refractivity contribution in [2.24, 2.45) is 0 Å². The van der Waals surface area contributed by atoms with Crippen LogP contribution in [0.4, 0.5) is 5.82 Å². The lowest BCUT2D eigenvalue weighted by Gasteiger charge is -2.07. The molecule has 6 heteroatoms. The van der Waals surface area contributed by atoms with Crippen molar-refractivity contribution in [3.8, 4) is 0 Å². The van der Waals surface area contributed by atoms with Crippen LogP contribution in [0.2, 0.25) is 0 Å². The molecule has 0 fully saturated rings. The highest BCUT2D eigenvalue weighted by atomic mass is 16.4. The van der Waals surface area contributed by atoms with E-state index in [-0.39, 0.29) is 0 Å². The van der Waals surface area contributed by atoms with Crippen molar-refractivity contribution in [3.05, 3.63) is 41.4 Å². The summed E-state index contributed by atoms with van der Waals surface area (Å²) >= 11 is 0. The van der Waals surface area contributed by atoms with Gasteiger partial charge in [0.1, 0.15) is 17.9 Å². The third-order valence-corrected chi connectivity index (χ3v) is 3.02. The summed E-state index contributed by atoms with van der Waals surface area (Å²) < 4.78 is 7.30. The Morgan fingerprint density at radius 2 is 2.11 bits per heavy atom. The summed E-state index contributed by atoms with van der Waals surface area (Å²) in [5, 5.41) is 7.46. The number of hydrogen-bond donors (Lipinski definition) is 1. The molecule has 0 saturated heterocycles. The number of pyridine rings is 1. The van der Waals surface area contributed by atoms with Gasteiger partial charge in [0.2, 0.25) is 5.89 Å². The van der Waals surface area contributed by atoms with E-state index in [9.17, 15) is 0 Å². The van der Waals surface area contributed by atoms with Gasteiger partial charge in [0.05, 0.1) is 12.2 Å². The predicted octanol–water partition coefficient (Wildman–Crippen LogP) is 2.25. The van der Waals surface area contributed by atoms with Gasteiger partial charge >= 0.3 is 0 Å². The van der Waals surface area contributed by atoms with Crippen LogP contribution in [0.1, 0.15) is 22.9 Å². The van der Waals surface area contributed by atoms with Crippen LogP contribution in [0.5, 0.6) is 0 Å². The van der Waals surface area contributed by atoms with Crippen molar-refractivity contribution in [2.45, 2.75) is 27.3 Å². The molecule has 0 aliphatic carbocycles. The summed E-state index contributed by atoms with van der Waals surface area (Å²) in [6, 6.07) is 4.00. The van der Waals surface area contributed by atoms with Gasteiger partial charge in [-0.2, -0.15) is 9.61 Å². The highest BCUT2D eigenvalue weighted by molar-refractivity contribution is 5.51. The first-order chi connectivity index (χ1) is 9.13. The molecule has 0 aliphatic heterocycles. The molecule has 3 aromatic rings. The van der Waals surface area contributed by atoms with Crippen molar-refractivity contribution in [1.82, 2.24) is 19.6 Å². The van der Waals surface area contributed by atoms with Gasteiger partial charge in [-0.1, -0.05) is 0 Å². The lowest BCUT2D eigenvalue weighted by Crippen LogP contribution is -2.05. The number of rotatable bonds is 3. The molecule has 0 aromatic carbocycles. The summed E-state index contributed by atoms with van der Waals surface area (Å²) in [7, 11) is 0. The molecule has 19 heavy (non-hydrogen) atoms. The Labute approximate surface area is 110 Å². The Morgan fingerprint density at radius 3 is 2.84 bits per heavy atom. The molecular weight excluding hydrogens is 242 g/mol. The van der Waals surface area contributed by atoms with Crippen LogP contribution in [0.15, 0.2) is 22.9 Å². The van der Waals surface area contributed by atoms with Gasteiger partial charge in [0.15, 0.2) is 5.65 Å². The Kier molecular flexibility index (Phi) is 2.70. The standard InChI is InChI=1S/C13H15N5O/c1-8-4-11(18-12(5-8)15-7-16-18)14-6-13-17-9(2)10(3)19-13/h4-5,7,14H,6H2,1-3H3. The van der Waals surface area contributed by atoms with Gasteiger partial charge in [0, 0.05) is 0 Å². The first-order valence-electron chi connectivity index (χ1n) is 6.10. The van der Waals surface area contributed by atoms with Crippen molar-refractivity contribution in [2.75, 3.05) is 5.32 Å². The zero-order chi connectivity index (χ0) is 13.4. The number of aryl methyl sites for hydroxylation is 3. The molecule has 0 saturated carbocycles. The molecule has 98 valence electrons. The topological polar surface area (TPSA) is 68.2 Å². The number of fused-ring (bicyclic) bond motifs is 1. The lowest BCUT2D eigenvalue weighted by atomic mass is 10.3. The number of hydrogen-bond acceptors (Lipinski definition) is 5. The SMILES string of the molecule is Cc1cc(NCc2nc(C)c(C)o2)n2ncnc2c1. The van der Waals surface area contributed by atoms with E-state index in [2.05, 4.69) is 20.4 Å². The van der Waals surface area contributed by atoms with Crippen molar-refractivity contribution in [3.63, 3.8) is 0 Å². The fourth-order valence-corrected chi connectivity index (χ4v) is 1.96. The normalized spacial score (nSPS) is 11.1. The summed E-state index contributed by atoms with van der Waals surface area (Å²) in [6.07, 6.45) is 1.54. The van der Waals surface area contributed by atoms with Gasteiger partial charge in [-0.25, -0.2) is 9.97 Å². The minimum Gasteiger partial charge on any atom is -0.444 e. The monoisotopic (exact) mass is 257 g/mol. The third-order valence-electron chi connectivity index (χ3n) is 3.02. The Morgan fingerprint density at radius 1 is 1.26 bits per heavy atom. The van der Waals surface area contributed by atoms with E-state index in [0.717, 1.165) is 28.5 Å². The summed E-state index contributed by atoms with van der Waals surface area (Å²) in [6.45, 7) is 6.39. The Bertz CT molecular complexity index is 708. The number of oxazole rings is 1. The first-order valence-corrected chi connectivity index (χ1v) is 6.10. The molecule has 0 amide bonds. The van der Waals surface area contributed by atoms with Crippen LogP contribution in [0.3, 0.4) is 0 Å². The number of nitrogens with zero attached hydrogens (tertiary/aromatic N) is 4. The molecule has 0 bridgehead atoms. The van der Waals surface area contributed by atoms with E-state index in [0.29, 0.717) is 12.4 Å². The van der Waals surface area contributed by atoms with Gasteiger partial charge in [-0.05, 0) is 38.5 Å². The second-order valence-electron chi connectivity index (χ2n) is 4.55. The van der Waals surface area contributed by atoms with Crippen LogP contribution in [0, 0.1) is 20.8 Å². The second-order valence-corrected chi connectivity index (χ2v) is 4.55. The quantitative estimate of drug-likeness (QED) is 0.779. The van der Waals surface area contributed by atoms with Crippen molar-refractivity contribution in [1.29, 1.82) is 0 Å². The van der Waals surface area contributed by atoms with Gasteiger partial charge in [-0.15, -0.1) is 0 Å². The third kappa shape index (κ3) is 2.16. The van der Waals surface area contributed by atoms with Crippen LogP contribution in [-0.2, 0) is 6.54 Å². The first kappa shape index (κ1) is 11.7. The molecule has 0 aliphatic rings. The van der Waals surface area contributed by atoms with E-state index in [4.69, 9.17) is 4.42 Å². The number of nitrogens with one attached hydrogen (secondary N) is 1. The molecule has 3 heterocycles. The maximum absolute atomic E-state index is 5.54. The summed E-state index contributed by atoms with van der Waals surface area (Å²) in [5.41, 5.74) is 2.87. The van der Waals surface area contributed by atoms with Crippen LogP contribution < -0.4 is 5.32 Å². The highest BCUT2D eigenvalue weighted by Crippen LogP contribution is 2.15. The Balaban J connectivity index is 1.87. The summed E-state index contributed by atoms with van der Waals surface area (Å²) in [4.78, 5) is 8.53. The maximum atomic E-state index is 5.54. The zero-order valence-corrected chi connectivity index (χ0v) is 11.1. The molecule has 1 N–H and O–H groups in total. The van der Waals surface area contributed by atoms with Gasteiger partial charge < -0.3 is 9.73 Å². The maximum Gasteiger partial charge on any atom is 0.213 e. The van der Waals surface area contributed by atoms with E-state index in [1.54, 1.807) is 10.8 Å². The highest BCUT2D eigenvalue weighted by Gasteiger charge is 2.07. The predicted molar refractivity (Wildman–Crippen MR) is 71.0 cm³/mol. The molecule has 0 spiro atoms. The number of aromatic nitrogens is 4. The zero-order valence-electron chi connectivity index (χ0n) is 11.1. The largest absolute Gasteiger partial charge is 0.444 e. The smallest absolute Gasteiger partial charge is 0.213 e. The average Bonchev–Trinajstić information content (AvgIpc) is 2.94. The van der Waals surface area contributed by atoms with Gasteiger partial charge in [0.25, 0.3) is 0 Å². The van der Waals surface area contributed by atoms with E-state index in [1.165, 1.54) is 0 Å². The average molecular weight is 257 g/mol.